The average molecular weight is 977 g/mol. The summed E-state index contributed by atoms with van der Waals surface area (Å²) in [5, 5.41) is 3.83. The zero-order chi connectivity index (χ0) is 49.6. The zero-order valence-corrected chi connectivity index (χ0v) is 40.4. The van der Waals surface area contributed by atoms with E-state index >= 15 is 0 Å². The van der Waals surface area contributed by atoms with Crippen LogP contribution in [0.3, 0.4) is 0 Å². The van der Waals surface area contributed by atoms with Gasteiger partial charge in [-0.15, -0.1) is 0 Å². The van der Waals surface area contributed by atoms with E-state index in [1.807, 2.05) is 84.9 Å². The number of ether oxygens (including phenoxy) is 4. The Bertz CT molecular complexity index is 4280. The molecule has 0 N–H and O–H groups in total. The van der Waals surface area contributed by atoms with Crippen LogP contribution < -0.4 is 61.5 Å². The first-order chi connectivity index (χ1) is 37.7. The van der Waals surface area contributed by atoms with Crippen molar-refractivity contribution < 1.29 is 27.8 Å². The van der Waals surface area contributed by atoms with Crippen LogP contribution >= 0.6 is 0 Å². The summed E-state index contributed by atoms with van der Waals surface area (Å²) in [4.78, 5) is 4.69. The van der Waals surface area contributed by atoms with E-state index in [1.165, 1.54) is 0 Å². The highest BCUT2D eigenvalue weighted by Gasteiger charge is 2.48. The summed E-state index contributed by atoms with van der Waals surface area (Å²) < 4.78 is 41.5. The lowest BCUT2D eigenvalue weighted by Crippen LogP contribution is -2.63. The van der Waals surface area contributed by atoms with Crippen molar-refractivity contribution in [3.05, 3.63) is 231 Å². The van der Waals surface area contributed by atoms with Crippen LogP contribution in [-0.2, 0) is 0 Å². The first kappa shape index (κ1) is 41.4. The van der Waals surface area contributed by atoms with Gasteiger partial charge < -0.3 is 37.6 Å². The lowest BCUT2D eigenvalue weighted by molar-refractivity contribution is 0.466. The van der Waals surface area contributed by atoms with Crippen LogP contribution in [0.4, 0.5) is 34.1 Å². The molecule has 0 bridgehead atoms. The molecule has 0 radical (unpaired) electrons. The molecule has 8 nitrogen and oxygen atoms in total. The molecular weight excluding hydrogens is 938 g/mol. The number of fused-ring (bicyclic) bond motifs is 16. The summed E-state index contributed by atoms with van der Waals surface area (Å²) in [5.41, 5.74) is 15.6. The van der Waals surface area contributed by atoms with E-state index in [1.54, 1.807) is 0 Å². The van der Waals surface area contributed by atoms with Crippen molar-refractivity contribution in [3.8, 4) is 46.0 Å². The van der Waals surface area contributed by atoms with Gasteiger partial charge in [-0.25, -0.2) is 0 Å². The fraction of sp³-hybridized carbons (Fsp3) is 0. The van der Waals surface area contributed by atoms with Crippen LogP contribution in [0.25, 0.3) is 43.9 Å². The van der Waals surface area contributed by atoms with E-state index in [2.05, 4.69) is 155 Å². The molecule has 76 heavy (non-hydrogen) atoms. The molecule has 11 aromatic carbocycles. The van der Waals surface area contributed by atoms with Crippen molar-refractivity contribution in [1.29, 1.82) is 0 Å². The smallest absolute Gasteiger partial charge is 0.256 e. The third-order valence-electron chi connectivity index (χ3n) is 15.6. The normalized spacial score (nSPS) is 13.4. The van der Waals surface area contributed by atoms with Crippen LogP contribution in [0, 0.1) is 0 Å². The van der Waals surface area contributed by atoms with Crippen molar-refractivity contribution in [1.82, 2.24) is 0 Å². The van der Waals surface area contributed by atoms with E-state index < -0.39 is 0 Å². The van der Waals surface area contributed by atoms with Gasteiger partial charge in [0, 0.05) is 73.4 Å². The summed E-state index contributed by atoms with van der Waals surface area (Å²) in [5.74, 6) is 5.93. The van der Waals surface area contributed by atoms with E-state index in [0.29, 0.717) is 11.5 Å². The number of nitrogens with zero attached hydrogens (tertiary/aromatic N) is 2. The minimum absolute atomic E-state index is 0.226. The van der Waals surface area contributed by atoms with Crippen molar-refractivity contribution in [3.63, 3.8) is 0 Å². The summed E-state index contributed by atoms with van der Waals surface area (Å²) in [6.07, 6.45) is 0. The Balaban J connectivity index is 0.892. The van der Waals surface area contributed by atoms with Gasteiger partial charge in [-0.2, -0.15) is 0 Å². The molecule has 4 aliphatic rings. The van der Waals surface area contributed by atoms with Crippen molar-refractivity contribution >= 4 is 124 Å². The largest absolute Gasteiger partial charge is 0.458 e. The van der Waals surface area contributed by atoms with Gasteiger partial charge in [0.2, 0.25) is 0 Å². The second-order valence-corrected chi connectivity index (χ2v) is 19.8. The molecule has 0 unspecified atom stereocenters. The van der Waals surface area contributed by atoms with E-state index in [0.717, 1.165) is 145 Å². The third kappa shape index (κ3) is 5.97. The molecule has 13 aromatic rings. The first-order valence-corrected chi connectivity index (χ1v) is 25.6. The van der Waals surface area contributed by atoms with Gasteiger partial charge in [0.25, 0.3) is 13.4 Å². The maximum Gasteiger partial charge on any atom is 0.256 e. The number of para-hydroxylation sites is 6. The van der Waals surface area contributed by atoms with Crippen LogP contribution in [0.1, 0.15) is 0 Å². The van der Waals surface area contributed by atoms with Crippen molar-refractivity contribution in [2.45, 2.75) is 0 Å². The molecule has 0 spiro atoms. The summed E-state index contributed by atoms with van der Waals surface area (Å²) in [6.45, 7) is -0.453. The summed E-state index contributed by atoms with van der Waals surface area (Å²) in [7, 11) is 0. The average Bonchev–Trinajstić information content (AvgIpc) is 4.03. The second kappa shape index (κ2) is 15.7. The van der Waals surface area contributed by atoms with Crippen molar-refractivity contribution in [2.24, 2.45) is 0 Å². The number of rotatable bonds is 6. The summed E-state index contributed by atoms with van der Waals surface area (Å²) >= 11 is 0. The van der Waals surface area contributed by atoms with Gasteiger partial charge in [-0.05, 0) is 119 Å². The Morgan fingerprint density at radius 3 is 1.17 bits per heavy atom. The number of benzene rings is 11. The number of hydrogen-bond acceptors (Lipinski definition) is 8. The molecule has 6 heterocycles. The van der Waals surface area contributed by atoms with E-state index in [4.69, 9.17) is 27.8 Å². The molecule has 0 atom stereocenters. The molecule has 0 fully saturated rings. The lowest BCUT2D eigenvalue weighted by Gasteiger charge is -2.42. The van der Waals surface area contributed by atoms with Crippen LogP contribution in [0.15, 0.2) is 239 Å². The van der Waals surface area contributed by atoms with Crippen LogP contribution in [0.2, 0.25) is 0 Å². The lowest BCUT2D eigenvalue weighted by atomic mass is 9.31. The minimum Gasteiger partial charge on any atom is -0.458 e. The highest BCUT2D eigenvalue weighted by molar-refractivity contribution is 7.02. The maximum absolute atomic E-state index is 7.32. The highest BCUT2D eigenvalue weighted by atomic mass is 16.5. The predicted molar refractivity (Wildman–Crippen MR) is 306 cm³/mol. The molecule has 4 aliphatic heterocycles. The van der Waals surface area contributed by atoms with Gasteiger partial charge in [0.1, 0.15) is 57.2 Å². The van der Waals surface area contributed by atoms with Crippen molar-refractivity contribution in [2.75, 3.05) is 9.80 Å². The second-order valence-electron chi connectivity index (χ2n) is 19.8. The number of anilines is 6. The molecule has 354 valence electrons. The topological polar surface area (TPSA) is 69.7 Å². The molecule has 17 rings (SSSR count). The Morgan fingerprint density at radius 1 is 0.316 bits per heavy atom. The number of furan rings is 2. The standard InChI is InChI=1S/C66H38B2N2O6/c1-5-17-39(18-6-1)69-53-27-15-13-25-49(53)67-51-37-52-58(38-57(51)73-59-35-47-45-31-29-43(71-41-21-9-3-10-22-41)33-55(45)75-65(47)63(69)61(59)67)74-60-36-48-46-32-30-44(72-42-23-11-4-12-24-42)34-56(46)76-66(48)64-62(60)68(52)50-26-14-16-28-54(50)70(64)40-19-7-2-8-20-40/h1-38H. The fourth-order valence-corrected chi connectivity index (χ4v) is 12.5. The van der Waals surface area contributed by atoms with E-state index in [9.17, 15) is 0 Å². The Kier molecular flexibility index (Phi) is 8.57. The molecule has 0 aliphatic carbocycles. The zero-order valence-electron chi connectivity index (χ0n) is 40.4. The molecule has 2 aromatic heterocycles. The first-order valence-electron chi connectivity index (χ1n) is 25.6. The molecule has 0 amide bonds. The SMILES string of the molecule is c1ccc(Oc2ccc3c(c2)oc2c4c5c(cc23)Oc2cc3c(cc2B5c2ccccc2N4c2ccccc2)B2c4ccccc4N(c4ccccc4)c4c2c(cc2c4oc4cc(Oc5ccccc5)ccc42)O3)cc1. The third-order valence-corrected chi connectivity index (χ3v) is 15.6. The van der Waals surface area contributed by atoms with Crippen LogP contribution in [0.5, 0.6) is 46.0 Å². The Labute approximate surface area is 436 Å². The highest BCUT2D eigenvalue weighted by Crippen LogP contribution is 2.51. The molecule has 0 saturated heterocycles. The minimum atomic E-state index is -0.226. The monoisotopic (exact) mass is 976 g/mol. The van der Waals surface area contributed by atoms with Gasteiger partial charge in [-0.3, -0.25) is 0 Å². The molecule has 0 saturated carbocycles. The Morgan fingerprint density at radius 2 is 0.724 bits per heavy atom. The molecular formula is C66H38B2N2O6. The maximum atomic E-state index is 7.32. The summed E-state index contributed by atoms with van der Waals surface area (Å²) in [6, 6.07) is 79.3. The van der Waals surface area contributed by atoms with Gasteiger partial charge in [-0.1, -0.05) is 115 Å². The number of hydrogen-bond donors (Lipinski definition) is 0. The van der Waals surface area contributed by atoms with Gasteiger partial charge in [0.05, 0.1) is 11.4 Å². The predicted octanol–water partition coefficient (Wildman–Crippen LogP) is 13.9. The Hall–Kier alpha value is -10.1. The molecule has 10 heteroatoms. The van der Waals surface area contributed by atoms with Gasteiger partial charge >= 0.3 is 0 Å². The fourth-order valence-electron chi connectivity index (χ4n) is 12.5. The van der Waals surface area contributed by atoms with Crippen LogP contribution in [-0.4, -0.2) is 13.4 Å². The van der Waals surface area contributed by atoms with Gasteiger partial charge in [0.15, 0.2) is 11.2 Å². The quantitative estimate of drug-likeness (QED) is 0.153. The van der Waals surface area contributed by atoms with E-state index in [-0.39, 0.29) is 13.4 Å².